The van der Waals surface area contributed by atoms with Crippen LogP contribution in [0, 0.1) is 12.7 Å². The van der Waals surface area contributed by atoms with Crippen LogP contribution in [-0.2, 0) is 16.6 Å². The Morgan fingerprint density at radius 3 is 2.47 bits per heavy atom. The summed E-state index contributed by atoms with van der Waals surface area (Å²) in [6.07, 6.45) is 0. The van der Waals surface area contributed by atoms with Crippen molar-refractivity contribution in [3.05, 3.63) is 79.8 Å². The van der Waals surface area contributed by atoms with Crippen molar-refractivity contribution in [1.82, 2.24) is 9.13 Å². The first kappa shape index (κ1) is 23.1. The number of hydrogen-bond acceptors (Lipinski definition) is 6. The molecule has 10 heteroatoms. The van der Waals surface area contributed by atoms with Crippen molar-refractivity contribution in [1.29, 1.82) is 0 Å². The molecule has 0 unspecified atom stereocenters. The maximum Gasteiger partial charge on any atom is 0.344 e. The standard InChI is InChI=1S/C22H20ClFN2O6/c1-4-30-21(28)12-31-17-7-5-6-8-18(17)32-19-11-16(15(24)10-14(19)23)26-20(27)9-13(2)25(3)22(26)29/h5-11H,4,12H2,1-3H3. The zero-order chi connectivity index (χ0) is 23.4. The molecule has 0 fully saturated rings. The van der Waals surface area contributed by atoms with Gasteiger partial charge in [0.1, 0.15) is 11.6 Å². The molecular weight excluding hydrogens is 443 g/mol. The minimum atomic E-state index is -0.878. The minimum Gasteiger partial charge on any atom is -0.478 e. The fourth-order valence-electron chi connectivity index (χ4n) is 2.84. The van der Waals surface area contributed by atoms with Gasteiger partial charge in [0.05, 0.1) is 17.3 Å². The minimum absolute atomic E-state index is 0.0234. The average molecular weight is 463 g/mol. The summed E-state index contributed by atoms with van der Waals surface area (Å²) >= 11 is 6.15. The van der Waals surface area contributed by atoms with E-state index in [1.165, 1.54) is 17.7 Å². The first-order valence-electron chi connectivity index (χ1n) is 9.57. The van der Waals surface area contributed by atoms with Gasteiger partial charge in [-0.3, -0.25) is 4.79 Å². The Bertz CT molecular complexity index is 1280. The summed E-state index contributed by atoms with van der Waals surface area (Å²) in [4.78, 5) is 36.6. The maximum atomic E-state index is 14.7. The van der Waals surface area contributed by atoms with Crippen molar-refractivity contribution in [2.45, 2.75) is 13.8 Å². The number of esters is 1. The summed E-state index contributed by atoms with van der Waals surface area (Å²) in [6.45, 7) is 3.14. The molecule has 8 nitrogen and oxygen atoms in total. The van der Waals surface area contributed by atoms with Crippen LogP contribution in [-0.4, -0.2) is 28.3 Å². The van der Waals surface area contributed by atoms with E-state index >= 15 is 0 Å². The second kappa shape index (κ2) is 9.69. The molecule has 32 heavy (non-hydrogen) atoms. The Morgan fingerprint density at radius 2 is 1.78 bits per heavy atom. The highest BCUT2D eigenvalue weighted by molar-refractivity contribution is 6.32. The highest BCUT2D eigenvalue weighted by atomic mass is 35.5. The lowest BCUT2D eigenvalue weighted by Gasteiger charge is -2.15. The number of ether oxygens (including phenoxy) is 3. The number of carbonyl (C=O) groups excluding carboxylic acids is 1. The normalized spacial score (nSPS) is 10.7. The lowest BCUT2D eigenvalue weighted by atomic mass is 10.2. The van der Waals surface area contributed by atoms with Gasteiger partial charge in [-0.25, -0.2) is 18.5 Å². The highest BCUT2D eigenvalue weighted by Gasteiger charge is 2.18. The number of hydrogen-bond donors (Lipinski definition) is 0. The fourth-order valence-corrected chi connectivity index (χ4v) is 3.03. The number of aromatic nitrogens is 2. The first-order valence-corrected chi connectivity index (χ1v) is 9.95. The molecule has 0 aliphatic carbocycles. The molecule has 3 aromatic rings. The topological polar surface area (TPSA) is 88.8 Å². The van der Waals surface area contributed by atoms with Crippen LogP contribution in [0.4, 0.5) is 4.39 Å². The third-order valence-corrected chi connectivity index (χ3v) is 4.82. The smallest absolute Gasteiger partial charge is 0.344 e. The SMILES string of the molecule is CCOC(=O)COc1ccccc1Oc1cc(-n2c(=O)cc(C)n(C)c2=O)c(F)cc1Cl. The van der Waals surface area contributed by atoms with E-state index in [0.717, 1.165) is 12.1 Å². The molecular formula is C22H20ClFN2O6. The first-order chi connectivity index (χ1) is 15.2. The molecule has 0 saturated carbocycles. The van der Waals surface area contributed by atoms with E-state index < -0.39 is 23.0 Å². The van der Waals surface area contributed by atoms with Crippen molar-refractivity contribution in [2.24, 2.45) is 7.05 Å². The van der Waals surface area contributed by atoms with Crippen LogP contribution in [0.15, 0.2) is 52.1 Å². The van der Waals surface area contributed by atoms with Gasteiger partial charge in [-0.05, 0) is 32.0 Å². The van der Waals surface area contributed by atoms with E-state index in [1.54, 1.807) is 38.1 Å². The van der Waals surface area contributed by atoms with Gasteiger partial charge < -0.3 is 18.8 Å². The lowest BCUT2D eigenvalue weighted by Crippen LogP contribution is -2.38. The van der Waals surface area contributed by atoms with Crippen LogP contribution in [0.3, 0.4) is 0 Å². The van der Waals surface area contributed by atoms with Crippen LogP contribution in [0.25, 0.3) is 5.69 Å². The van der Waals surface area contributed by atoms with Crippen molar-refractivity contribution < 1.29 is 23.4 Å². The second-order valence-corrected chi connectivity index (χ2v) is 7.08. The molecule has 0 aliphatic rings. The quantitative estimate of drug-likeness (QED) is 0.500. The van der Waals surface area contributed by atoms with Crippen molar-refractivity contribution in [3.63, 3.8) is 0 Å². The predicted octanol–water partition coefficient (Wildman–Crippen LogP) is 3.37. The Kier molecular flexibility index (Phi) is 6.99. The number of halogens is 2. The maximum absolute atomic E-state index is 14.7. The van der Waals surface area contributed by atoms with Crippen LogP contribution in [0.2, 0.25) is 5.02 Å². The molecule has 0 N–H and O–H groups in total. The van der Waals surface area contributed by atoms with Gasteiger partial charge in [0.2, 0.25) is 0 Å². The molecule has 0 radical (unpaired) electrons. The summed E-state index contributed by atoms with van der Waals surface area (Å²) in [7, 11) is 1.47. The summed E-state index contributed by atoms with van der Waals surface area (Å²) in [5, 5.41) is -0.0940. The lowest BCUT2D eigenvalue weighted by molar-refractivity contribution is -0.145. The van der Waals surface area contributed by atoms with Gasteiger partial charge in [0.15, 0.2) is 18.1 Å². The Balaban J connectivity index is 2.01. The fraction of sp³-hybridized carbons (Fsp3) is 0.227. The van der Waals surface area contributed by atoms with Gasteiger partial charge in [-0.15, -0.1) is 0 Å². The molecule has 0 bridgehead atoms. The van der Waals surface area contributed by atoms with Crippen LogP contribution < -0.4 is 20.7 Å². The van der Waals surface area contributed by atoms with E-state index in [1.807, 2.05) is 0 Å². The molecule has 0 amide bonds. The summed E-state index contributed by atoms with van der Waals surface area (Å²) in [5.74, 6) is -1.06. The number of para-hydroxylation sites is 2. The molecule has 2 aromatic carbocycles. The molecule has 168 valence electrons. The molecule has 0 aliphatic heterocycles. The summed E-state index contributed by atoms with van der Waals surface area (Å²) < 4.78 is 32.6. The van der Waals surface area contributed by atoms with E-state index in [4.69, 9.17) is 25.8 Å². The van der Waals surface area contributed by atoms with Gasteiger partial charge in [-0.1, -0.05) is 23.7 Å². The van der Waals surface area contributed by atoms with Gasteiger partial charge in [-0.2, -0.15) is 0 Å². The third kappa shape index (κ3) is 4.83. The van der Waals surface area contributed by atoms with Crippen molar-refractivity contribution in [3.8, 4) is 22.9 Å². The largest absolute Gasteiger partial charge is 0.478 e. The van der Waals surface area contributed by atoms with Gasteiger partial charge in [0.25, 0.3) is 5.56 Å². The molecule has 1 heterocycles. The molecule has 0 saturated heterocycles. The number of rotatable bonds is 7. The number of carbonyl (C=O) groups is 1. The summed E-state index contributed by atoms with van der Waals surface area (Å²) in [6, 6.07) is 9.75. The molecule has 3 rings (SSSR count). The van der Waals surface area contributed by atoms with Crippen molar-refractivity contribution >= 4 is 17.6 Å². The highest BCUT2D eigenvalue weighted by Crippen LogP contribution is 2.36. The number of benzene rings is 2. The van der Waals surface area contributed by atoms with E-state index in [0.29, 0.717) is 10.3 Å². The predicted molar refractivity (Wildman–Crippen MR) is 116 cm³/mol. The zero-order valence-corrected chi connectivity index (χ0v) is 18.3. The van der Waals surface area contributed by atoms with Crippen molar-refractivity contribution in [2.75, 3.05) is 13.2 Å². The molecule has 0 spiro atoms. The number of nitrogens with zero attached hydrogens (tertiary/aromatic N) is 2. The third-order valence-electron chi connectivity index (χ3n) is 4.52. The van der Waals surface area contributed by atoms with Gasteiger partial charge in [0, 0.05) is 24.9 Å². The van der Waals surface area contributed by atoms with Crippen LogP contribution >= 0.6 is 11.6 Å². The molecule has 1 aromatic heterocycles. The Hall–Kier alpha value is -3.59. The average Bonchev–Trinajstić information content (AvgIpc) is 2.74. The number of aryl methyl sites for hydroxylation is 1. The second-order valence-electron chi connectivity index (χ2n) is 6.68. The Morgan fingerprint density at radius 1 is 1.09 bits per heavy atom. The van der Waals surface area contributed by atoms with E-state index in [-0.39, 0.29) is 41.2 Å². The van der Waals surface area contributed by atoms with E-state index in [2.05, 4.69) is 0 Å². The monoisotopic (exact) mass is 462 g/mol. The zero-order valence-electron chi connectivity index (χ0n) is 17.6. The summed E-state index contributed by atoms with van der Waals surface area (Å²) in [5.41, 5.74) is -1.31. The van der Waals surface area contributed by atoms with Crippen LogP contribution in [0.5, 0.6) is 17.2 Å². The van der Waals surface area contributed by atoms with Gasteiger partial charge >= 0.3 is 11.7 Å². The van der Waals surface area contributed by atoms with Crippen LogP contribution in [0.1, 0.15) is 12.6 Å². The molecule has 0 atom stereocenters. The Labute approximate surface area is 187 Å². The van der Waals surface area contributed by atoms with E-state index in [9.17, 15) is 18.8 Å².